The SMILES string of the molecule is CC(=O)OC1(C)CCC2C[C@H]1C2(C)C. The summed E-state index contributed by atoms with van der Waals surface area (Å²) in [5, 5.41) is 0. The summed E-state index contributed by atoms with van der Waals surface area (Å²) < 4.78 is 5.53. The normalized spacial score (nSPS) is 44.0. The van der Waals surface area contributed by atoms with Gasteiger partial charge in [0.15, 0.2) is 0 Å². The lowest BCUT2D eigenvalue weighted by Crippen LogP contribution is -2.61. The molecule has 0 radical (unpaired) electrons. The fourth-order valence-corrected chi connectivity index (χ4v) is 3.63. The van der Waals surface area contributed by atoms with Crippen LogP contribution in [0.1, 0.15) is 47.0 Å². The number of hydrogen-bond donors (Lipinski definition) is 0. The maximum atomic E-state index is 11.1. The van der Waals surface area contributed by atoms with Gasteiger partial charge in [0.25, 0.3) is 0 Å². The molecule has 0 aromatic carbocycles. The van der Waals surface area contributed by atoms with Crippen molar-refractivity contribution >= 4 is 5.97 Å². The summed E-state index contributed by atoms with van der Waals surface area (Å²) in [6.07, 6.45) is 3.51. The van der Waals surface area contributed by atoms with Gasteiger partial charge in [0.05, 0.1) is 0 Å². The summed E-state index contributed by atoms with van der Waals surface area (Å²) in [6, 6.07) is 0. The molecule has 0 saturated heterocycles. The van der Waals surface area contributed by atoms with E-state index < -0.39 is 0 Å². The molecule has 0 aliphatic heterocycles. The Morgan fingerprint density at radius 2 is 2.00 bits per heavy atom. The van der Waals surface area contributed by atoms with Crippen LogP contribution >= 0.6 is 0 Å². The van der Waals surface area contributed by atoms with E-state index in [4.69, 9.17) is 4.74 Å². The lowest BCUT2D eigenvalue weighted by Gasteiger charge is -2.63. The Morgan fingerprint density at radius 3 is 2.43 bits per heavy atom. The molecule has 80 valence electrons. The Bertz CT molecular complexity index is 267. The first kappa shape index (κ1) is 10.0. The third kappa shape index (κ3) is 1.19. The maximum absolute atomic E-state index is 11.1. The summed E-state index contributed by atoms with van der Waals surface area (Å²) in [7, 11) is 0. The number of carbonyl (C=O) groups excluding carboxylic acids is 1. The molecule has 3 saturated carbocycles. The zero-order valence-electron chi connectivity index (χ0n) is 9.59. The number of carbonyl (C=O) groups is 1. The van der Waals surface area contributed by atoms with E-state index in [0.717, 1.165) is 12.3 Å². The van der Waals surface area contributed by atoms with Crippen molar-refractivity contribution in [2.75, 3.05) is 0 Å². The number of esters is 1. The van der Waals surface area contributed by atoms with Crippen molar-refractivity contribution in [2.24, 2.45) is 17.3 Å². The van der Waals surface area contributed by atoms with Crippen LogP contribution in [0.4, 0.5) is 0 Å². The third-order valence-electron chi connectivity index (χ3n) is 4.57. The number of hydrogen-bond acceptors (Lipinski definition) is 2. The van der Waals surface area contributed by atoms with Gasteiger partial charge in [-0.05, 0) is 37.5 Å². The van der Waals surface area contributed by atoms with Crippen molar-refractivity contribution in [1.29, 1.82) is 0 Å². The fourth-order valence-electron chi connectivity index (χ4n) is 3.63. The zero-order chi connectivity index (χ0) is 10.6. The molecule has 0 N–H and O–H groups in total. The minimum Gasteiger partial charge on any atom is -0.459 e. The second-order valence-corrected chi connectivity index (χ2v) is 5.75. The molecule has 0 spiro atoms. The molecule has 0 amide bonds. The van der Waals surface area contributed by atoms with Crippen molar-refractivity contribution in [3.63, 3.8) is 0 Å². The highest BCUT2D eigenvalue weighted by molar-refractivity contribution is 5.66. The smallest absolute Gasteiger partial charge is 0.303 e. The van der Waals surface area contributed by atoms with Gasteiger partial charge >= 0.3 is 5.97 Å². The first-order valence-electron chi connectivity index (χ1n) is 5.56. The van der Waals surface area contributed by atoms with Crippen LogP contribution < -0.4 is 0 Å². The van der Waals surface area contributed by atoms with Gasteiger partial charge in [0.1, 0.15) is 5.60 Å². The summed E-state index contributed by atoms with van der Waals surface area (Å²) in [6.45, 7) is 8.25. The van der Waals surface area contributed by atoms with Crippen LogP contribution in [0.2, 0.25) is 0 Å². The van der Waals surface area contributed by atoms with Crippen molar-refractivity contribution in [2.45, 2.75) is 52.6 Å². The van der Waals surface area contributed by atoms with E-state index in [1.165, 1.54) is 19.8 Å². The van der Waals surface area contributed by atoms with E-state index in [0.29, 0.717) is 11.3 Å². The molecule has 3 fully saturated rings. The Hall–Kier alpha value is -0.530. The van der Waals surface area contributed by atoms with Gasteiger partial charge in [-0.3, -0.25) is 4.79 Å². The highest BCUT2D eigenvalue weighted by Crippen LogP contribution is 2.63. The van der Waals surface area contributed by atoms with Crippen molar-refractivity contribution < 1.29 is 9.53 Å². The van der Waals surface area contributed by atoms with Crippen molar-refractivity contribution in [1.82, 2.24) is 0 Å². The number of rotatable bonds is 1. The molecule has 14 heavy (non-hydrogen) atoms. The lowest BCUT2D eigenvalue weighted by molar-refractivity contribution is -0.216. The monoisotopic (exact) mass is 196 g/mol. The number of fused-ring (bicyclic) bond motifs is 2. The number of ether oxygens (including phenoxy) is 1. The van der Waals surface area contributed by atoms with Crippen molar-refractivity contribution in [3.05, 3.63) is 0 Å². The second-order valence-electron chi connectivity index (χ2n) is 5.75. The molecular weight excluding hydrogens is 176 g/mol. The van der Waals surface area contributed by atoms with Gasteiger partial charge < -0.3 is 4.74 Å². The van der Waals surface area contributed by atoms with Gasteiger partial charge in [0, 0.05) is 12.8 Å². The second kappa shape index (κ2) is 2.74. The van der Waals surface area contributed by atoms with Gasteiger partial charge in [-0.25, -0.2) is 0 Å². The minimum atomic E-state index is -0.190. The van der Waals surface area contributed by atoms with E-state index in [-0.39, 0.29) is 11.6 Å². The Balaban J connectivity index is 2.17. The topological polar surface area (TPSA) is 26.3 Å². The Labute approximate surface area is 86.0 Å². The van der Waals surface area contributed by atoms with Gasteiger partial charge in [-0.15, -0.1) is 0 Å². The molecule has 2 heteroatoms. The minimum absolute atomic E-state index is 0.131. The van der Waals surface area contributed by atoms with E-state index in [1.54, 1.807) is 0 Å². The molecule has 2 bridgehead atoms. The van der Waals surface area contributed by atoms with Gasteiger partial charge in [0.2, 0.25) is 0 Å². The van der Waals surface area contributed by atoms with Crippen LogP contribution in [-0.2, 0) is 9.53 Å². The molecule has 3 aliphatic rings. The van der Waals surface area contributed by atoms with E-state index >= 15 is 0 Å². The summed E-state index contributed by atoms with van der Waals surface area (Å²) in [4.78, 5) is 11.1. The molecule has 0 aromatic heterocycles. The Morgan fingerprint density at radius 1 is 1.36 bits per heavy atom. The van der Waals surface area contributed by atoms with Crippen LogP contribution in [0.3, 0.4) is 0 Å². The van der Waals surface area contributed by atoms with E-state index in [2.05, 4.69) is 20.8 Å². The summed E-state index contributed by atoms with van der Waals surface area (Å²) in [5.41, 5.74) is 0.187. The largest absolute Gasteiger partial charge is 0.459 e. The average Bonchev–Trinajstić information content (AvgIpc) is 2.00. The first-order chi connectivity index (χ1) is 6.36. The zero-order valence-corrected chi connectivity index (χ0v) is 9.59. The van der Waals surface area contributed by atoms with Crippen LogP contribution in [0.15, 0.2) is 0 Å². The molecule has 3 aliphatic carbocycles. The highest BCUT2D eigenvalue weighted by atomic mass is 16.6. The van der Waals surface area contributed by atoms with Crippen LogP contribution in [0, 0.1) is 17.3 Å². The molecule has 2 unspecified atom stereocenters. The van der Waals surface area contributed by atoms with Crippen LogP contribution in [0.5, 0.6) is 0 Å². The molecule has 3 rings (SSSR count). The van der Waals surface area contributed by atoms with E-state index in [9.17, 15) is 4.79 Å². The fraction of sp³-hybridized carbons (Fsp3) is 0.917. The van der Waals surface area contributed by atoms with Gasteiger partial charge in [-0.1, -0.05) is 13.8 Å². The van der Waals surface area contributed by atoms with Crippen molar-refractivity contribution in [3.8, 4) is 0 Å². The van der Waals surface area contributed by atoms with Crippen LogP contribution in [-0.4, -0.2) is 11.6 Å². The lowest BCUT2D eigenvalue weighted by atomic mass is 9.44. The molecule has 2 nitrogen and oxygen atoms in total. The third-order valence-corrected chi connectivity index (χ3v) is 4.57. The summed E-state index contributed by atoms with van der Waals surface area (Å²) in [5.74, 6) is 1.29. The molecular formula is C12H20O2. The summed E-state index contributed by atoms with van der Waals surface area (Å²) >= 11 is 0. The average molecular weight is 196 g/mol. The molecule has 3 atom stereocenters. The Kier molecular flexibility index (Phi) is 1.96. The predicted molar refractivity (Wildman–Crippen MR) is 54.8 cm³/mol. The quantitative estimate of drug-likeness (QED) is 0.603. The predicted octanol–water partition coefficient (Wildman–Crippen LogP) is 2.76. The highest BCUT2D eigenvalue weighted by Gasteiger charge is 2.60. The first-order valence-corrected chi connectivity index (χ1v) is 5.56. The van der Waals surface area contributed by atoms with Crippen LogP contribution in [0.25, 0.3) is 0 Å². The molecule has 0 heterocycles. The van der Waals surface area contributed by atoms with E-state index in [1.807, 2.05) is 0 Å². The standard InChI is InChI=1S/C12H20O2/c1-8(13)14-12(4)6-5-9-7-10(12)11(9,2)3/h9-10H,5-7H2,1-4H3/t9?,10-,12?/m0/s1. The molecule has 0 aromatic rings. The maximum Gasteiger partial charge on any atom is 0.303 e. The van der Waals surface area contributed by atoms with Gasteiger partial charge in [-0.2, -0.15) is 0 Å².